The van der Waals surface area contributed by atoms with E-state index < -0.39 is 10.8 Å². The number of anilines is 1. The predicted octanol–water partition coefficient (Wildman–Crippen LogP) is 3.88. The number of amides is 1. The summed E-state index contributed by atoms with van der Waals surface area (Å²) in [6.45, 7) is 9.02. The fourth-order valence-corrected chi connectivity index (χ4v) is 2.66. The van der Waals surface area contributed by atoms with Gasteiger partial charge >= 0.3 is 0 Å². The number of para-hydroxylation sites is 2. The largest absolute Gasteiger partial charge is 0.490 e. The van der Waals surface area contributed by atoms with Crippen LogP contribution in [0.15, 0.2) is 42.5 Å². The van der Waals surface area contributed by atoms with Crippen LogP contribution in [-0.4, -0.2) is 42.0 Å². The Balaban J connectivity index is 2.10. The van der Waals surface area contributed by atoms with Crippen LogP contribution in [0.5, 0.6) is 5.75 Å². The molecule has 0 saturated carbocycles. The molecular weight excluding hydrogens is 346 g/mol. The molecule has 0 spiro atoms. The van der Waals surface area contributed by atoms with E-state index in [0.717, 1.165) is 19.6 Å². The lowest BCUT2D eigenvalue weighted by molar-refractivity contribution is -0.385. The lowest BCUT2D eigenvalue weighted by Gasteiger charge is -2.19. The Morgan fingerprint density at radius 1 is 1.19 bits per heavy atom. The summed E-state index contributed by atoms with van der Waals surface area (Å²) in [4.78, 5) is 25.4. The number of rotatable bonds is 9. The van der Waals surface area contributed by atoms with Gasteiger partial charge in [-0.3, -0.25) is 14.9 Å². The molecule has 2 aromatic carbocycles. The van der Waals surface area contributed by atoms with E-state index in [0.29, 0.717) is 23.6 Å². The van der Waals surface area contributed by atoms with E-state index in [9.17, 15) is 14.9 Å². The lowest BCUT2D eigenvalue weighted by Crippen LogP contribution is -2.28. The Bertz CT molecular complexity index is 804. The van der Waals surface area contributed by atoms with Crippen molar-refractivity contribution in [1.29, 1.82) is 0 Å². The van der Waals surface area contributed by atoms with Gasteiger partial charge in [-0.25, -0.2) is 0 Å². The SMILES string of the molecule is CCN(CC)CCOc1ccccc1NC(=O)c1ccc(C)c([N+](=O)[O-])c1. The molecule has 0 bridgehead atoms. The summed E-state index contributed by atoms with van der Waals surface area (Å²) in [7, 11) is 0. The van der Waals surface area contributed by atoms with Gasteiger partial charge in [-0.1, -0.05) is 32.0 Å². The molecule has 2 aromatic rings. The first kappa shape index (κ1) is 20.4. The maximum Gasteiger partial charge on any atom is 0.273 e. The van der Waals surface area contributed by atoms with Gasteiger partial charge in [0, 0.05) is 23.7 Å². The summed E-state index contributed by atoms with van der Waals surface area (Å²) >= 11 is 0. The summed E-state index contributed by atoms with van der Waals surface area (Å²) < 4.78 is 5.82. The Kier molecular flexibility index (Phi) is 7.31. The average Bonchev–Trinajstić information content (AvgIpc) is 2.66. The molecule has 0 atom stereocenters. The summed E-state index contributed by atoms with van der Waals surface area (Å²) in [6.07, 6.45) is 0. The molecule has 7 heteroatoms. The van der Waals surface area contributed by atoms with E-state index in [-0.39, 0.29) is 11.3 Å². The number of hydrogen-bond acceptors (Lipinski definition) is 5. The van der Waals surface area contributed by atoms with E-state index in [4.69, 9.17) is 4.74 Å². The lowest BCUT2D eigenvalue weighted by atomic mass is 10.1. The van der Waals surface area contributed by atoms with Crippen molar-refractivity contribution in [3.05, 3.63) is 63.7 Å². The molecule has 0 fully saturated rings. The number of benzene rings is 2. The van der Waals surface area contributed by atoms with Crippen LogP contribution in [0, 0.1) is 17.0 Å². The topological polar surface area (TPSA) is 84.7 Å². The number of likely N-dealkylation sites (N-methyl/N-ethyl adjacent to an activating group) is 1. The van der Waals surface area contributed by atoms with E-state index in [2.05, 4.69) is 24.1 Å². The number of aryl methyl sites for hydroxylation is 1. The van der Waals surface area contributed by atoms with Gasteiger partial charge in [0.05, 0.1) is 10.6 Å². The number of hydrogen-bond donors (Lipinski definition) is 1. The molecule has 0 aliphatic carbocycles. The molecule has 0 saturated heterocycles. The summed E-state index contributed by atoms with van der Waals surface area (Å²) in [6, 6.07) is 11.6. The van der Waals surface area contributed by atoms with Crippen molar-refractivity contribution >= 4 is 17.3 Å². The number of nitrogens with zero attached hydrogens (tertiary/aromatic N) is 2. The highest BCUT2D eigenvalue weighted by molar-refractivity contribution is 6.05. The Morgan fingerprint density at radius 2 is 1.89 bits per heavy atom. The molecule has 0 heterocycles. The van der Waals surface area contributed by atoms with Crippen LogP contribution < -0.4 is 10.1 Å². The van der Waals surface area contributed by atoms with Crippen LogP contribution in [0.25, 0.3) is 0 Å². The van der Waals surface area contributed by atoms with Crippen molar-refractivity contribution < 1.29 is 14.5 Å². The van der Waals surface area contributed by atoms with Gasteiger partial charge < -0.3 is 15.0 Å². The zero-order valence-corrected chi connectivity index (χ0v) is 15.9. The van der Waals surface area contributed by atoms with Gasteiger partial charge in [0.2, 0.25) is 0 Å². The van der Waals surface area contributed by atoms with Gasteiger partial charge in [0.1, 0.15) is 12.4 Å². The van der Waals surface area contributed by atoms with E-state index >= 15 is 0 Å². The van der Waals surface area contributed by atoms with E-state index in [1.165, 1.54) is 6.07 Å². The van der Waals surface area contributed by atoms with Crippen LogP contribution in [-0.2, 0) is 0 Å². The summed E-state index contributed by atoms with van der Waals surface area (Å²) in [5.74, 6) is 0.150. The first-order valence-corrected chi connectivity index (χ1v) is 8.96. The highest BCUT2D eigenvalue weighted by Crippen LogP contribution is 2.25. The summed E-state index contributed by atoms with van der Waals surface area (Å²) in [5, 5.41) is 13.9. The molecule has 144 valence electrons. The zero-order chi connectivity index (χ0) is 19.8. The monoisotopic (exact) mass is 371 g/mol. The average molecular weight is 371 g/mol. The van der Waals surface area contributed by atoms with Crippen molar-refractivity contribution in [1.82, 2.24) is 4.90 Å². The van der Waals surface area contributed by atoms with Crippen molar-refractivity contribution in [3.63, 3.8) is 0 Å². The molecule has 0 radical (unpaired) electrons. The molecule has 2 rings (SSSR count). The highest BCUT2D eigenvalue weighted by Gasteiger charge is 2.16. The number of nitro groups is 1. The van der Waals surface area contributed by atoms with Crippen molar-refractivity contribution in [3.8, 4) is 5.75 Å². The third-order valence-corrected chi connectivity index (χ3v) is 4.36. The molecule has 27 heavy (non-hydrogen) atoms. The van der Waals surface area contributed by atoms with Crippen molar-refractivity contribution in [2.45, 2.75) is 20.8 Å². The minimum atomic E-state index is -0.490. The smallest absolute Gasteiger partial charge is 0.273 e. The highest BCUT2D eigenvalue weighted by atomic mass is 16.6. The normalized spacial score (nSPS) is 10.7. The van der Waals surface area contributed by atoms with Crippen LogP contribution in [0.2, 0.25) is 0 Å². The molecule has 1 N–H and O–H groups in total. The molecule has 1 amide bonds. The second kappa shape index (κ2) is 9.68. The van der Waals surface area contributed by atoms with Crippen LogP contribution in [0.3, 0.4) is 0 Å². The Morgan fingerprint density at radius 3 is 2.56 bits per heavy atom. The molecule has 0 unspecified atom stereocenters. The minimum Gasteiger partial charge on any atom is -0.490 e. The first-order valence-electron chi connectivity index (χ1n) is 8.96. The number of carbonyl (C=O) groups excluding carboxylic acids is 1. The molecule has 0 aromatic heterocycles. The standard InChI is InChI=1S/C20H25N3O4/c1-4-22(5-2)12-13-27-19-9-7-6-8-17(19)21-20(24)16-11-10-15(3)18(14-16)23(25)26/h6-11,14H,4-5,12-13H2,1-3H3,(H,21,24). The van der Waals surface area contributed by atoms with Crippen LogP contribution >= 0.6 is 0 Å². The van der Waals surface area contributed by atoms with Crippen molar-refractivity contribution in [2.24, 2.45) is 0 Å². The van der Waals surface area contributed by atoms with Gasteiger partial charge in [-0.2, -0.15) is 0 Å². The van der Waals surface area contributed by atoms with Crippen LogP contribution in [0.1, 0.15) is 29.8 Å². The van der Waals surface area contributed by atoms with Crippen molar-refractivity contribution in [2.75, 3.05) is 31.6 Å². The van der Waals surface area contributed by atoms with E-state index in [1.54, 1.807) is 37.3 Å². The fourth-order valence-electron chi connectivity index (χ4n) is 2.66. The van der Waals surface area contributed by atoms with Crippen LogP contribution in [0.4, 0.5) is 11.4 Å². The molecule has 7 nitrogen and oxygen atoms in total. The molecule has 0 aliphatic heterocycles. The Labute approximate surface area is 159 Å². The maximum absolute atomic E-state index is 12.5. The van der Waals surface area contributed by atoms with Gasteiger partial charge in [0.15, 0.2) is 0 Å². The zero-order valence-electron chi connectivity index (χ0n) is 15.9. The maximum atomic E-state index is 12.5. The van der Waals surface area contributed by atoms with Gasteiger partial charge in [0.25, 0.3) is 11.6 Å². The number of ether oxygens (including phenoxy) is 1. The summed E-state index contributed by atoms with van der Waals surface area (Å²) in [5.41, 5.74) is 1.19. The third kappa shape index (κ3) is 5.52. The minimum absolute atomic E-state index is 0.0774. The first-order chi connectivity index (χ1) is 13.0. The number of nitro benzene ring substituents is 1. The molecule has 0 aliphatic rings. The second-order valence-corrected chi connectivity index (χ2v) is 6.08. The number of carbonyl (C=O) groups is 1. The quantitative estimate of drug-likeness (QED) is 0.534. The van der Waals surface area contributed by atoms with E-state index in [1.807, 2.05) is 6.07 Å². The van der Waals surface area contributed by atoms with Gasteiger partial charge in [-0.05, 0) is 38.2 Å². The van der Waals surface area contributed by atoms with Gasteiger partial charge in [-0.15, -0.1) is 0 Å². The Hall–Kier alpha value is -2.93. The fraction of sp³-hybridized carbons (Fsp3) is 0.350. The predicted molar refractivity (Wildman–Crippen MR) is 106 cm³/mol. The molecular formula is C20H25N3O4. The third-order valence-electron chi connectivity index (χ3n) is 4.36. The second-order valence-electron chi connectivity index (χ2n) is 6.08. The number of nitrogens with one attached hydrogen (secondary N) is 1.